The molecule has 1 aromatic heterocycles. The maximum absolute atomic E-state index is 13.8. The molecule has 1 heterocycles. The van der Waals surface area contributed by atoms with Gasteiger partial charge in [-0.05, 0) is 24.3 Å². The van der Waals surface area contributed by atoms with E-state index in [-0.39, 0.29) is 23.0 Å². The number of carbonyl (C=O) groups is 2. The van der Waals surface area contributed by atoms with Crippen LogP contribution in [-0.4, -0.2) is 28.8 Å². The van der Waals surface area contributed by atoms with Crippen molar-refractivity contribution in [3.05, 3.63) is 82.6 Å². The lowest BCUT2D eigenvalue weighted by Gasteiger charge is -2.07. The van der Waals surface area contributed by atoms with Crippen molar-refractivity contribution < 1.29 is 31.9 Å². The van der Waals surface area contributed by atoms with E-state index in [1.807, 2.05) is 0 Å². The monoisotopic (exact) mass is 407 g/mol. The number of methoxy groups -OCH3 is 1. The Labute approximate surface area is 161 Å². The van der Waals surface area contributed by atoms with Crippen molar-refractivity contribution in [2.45, 2.75) is 6.54 Å². The highest BCUT2D eigenvalue weighted by atomic mass is 19.2. The number of benzene rings is 2. The number of anilines is 1. The third kappa shape index (κ3) is 4.26. The molecule has 0 aliphatic heterocycles. The smallest absolute Gasteiger partial charge is 0.337 e. The summed E-state index contributed by atoms with van der Waals surface area (Å²) in [5.41, 5.74) is -0.349. The molecule has 0 aliphatic carbocycles. The molecule has 10 heteroatoms. The first-order valence-corrected chi connectivity index (χ1v) is 8.15. The fraction of sp³-hybridized carbons (Fsp3) is 0.105. The summed E-state index contributed by atoms with van der Waals surface area (Å²) >= 11 is 0. The largest absolute Gasteiger partial charge is 0.465 e. The summed E-state index contributed by atoms with van der Waals surface area (Å²) in [5.74, 6) is -7.13. The van der Waals surface area contributed by atoms with Crippen molar-refractivity contribution in [1.82, 2.24) is 9.78 Å². The van der Waals surface area contributed by atoms with Gasteiger partial charge in [-0.1, -0.05) is 0 Å². The normalized spacial score (nSPS) is 10.7. The van der Waals surface area contributed by atoms with Gasteiger partial charge in [-0.2, -0.15) is 5.10 Å². The van der Waals surface area contributed by atoms with Gasteiger partial charge < -0.3 is 10.1 Å². The van der Waals surface area contributed by atoms with Crippen molar-refractivity contribution in [1.29, 1.82) is 0 Å². The van der Waals surface area contributed by atoms with E-state index in [2.05, 4.69) is 15.2 Å². The highest BCUT2D eigenvalue weighted by Crippen LogP contribution is 2.20. The first-order chi connectivity index (χ1) is 13.8. The zero-order chi connectivity index (χ0) is 21.1. The SMILES string of the molecule is COC(=O)c1ccc(C(=O)Nc2ccn(Cc3c(F)c(F)cc(F)c3F)n2)cc1. The summed E-state index contributed by atoms with van der Waals surface area (Å²) in [5, 5.41) is 6.36. The number of hydrogen-bond donors (Lipinski definition) is 1. The van der Waals surface area contributed by atoms with E-state index in [4.69, 9.17) is 0 Å². The number of hydrogen-bond acceptors (Lipinski definition) is 4. The van der Waals surface area contributed by atoms with Gasteiger partial charge in [0.1, 0.15) is 0 Å². The second-order valence-corrected chi connectivity index (χ2v) is 5.87. The van der Waals surface area contributed by atoms with Gasteiger partial charge in [0.05, 0.1) is 24.8 Å². The lowest BCUT2D eigenvalue weighted by Crippen LogP contribution is -2.14. The lowest BCUT2D eigenvalue weighted by atomic mass is 10.1. The number of rotatable bonds is 5. The highest BCUT2D eigenvalue weighted by molar-refractivity contribution is 6.04. The van der Waals surface area contributed by atoms with Crippen LogP contribution in [0.15, 0.2) is 42.6 Å². The van der Waals surface area contributed by atoms with Crippen molar-refractivity contribution in [2.75, 3.05) is 12.4 Å². The Morgan fingerprint density at radius 3 is 2.17 bits per heavy atom. The maximum atomic E-state index is 13.8. The minimum atomic E-state index is -1.52. The molecule has 3 rings (SSSR count). The Balaban J connectivity index is 1.73. The number of ether oxygens (including phenoxy) is 1. The summed E-state index contributed by atoms with van der Waals surface area (Å²) in [6, 6.07) is 7.07. The minimum Gasteiger partial charge on any atom is -0.465 e. The molecule has 0 saturated carbocycles. The molecule has 0 saturated heterocycles. The van der Waals surface area contributed by atoms with Crippen LogP contribution in [0.3, 0.4) is 0 Å². The zero-order valence-electron chi connectivity index (χ0n) is 14.9. The predicted molar refractivity (Wildman–Crippen MR) is 93.3 cm³/mol. The van der Waals surface area contributed by atoms with E-state index in [0.29, 0.717) is 0 Å². The molecule has 0 unspecified atom stereocenters. The van der Waals surface area contributed by atoms with Crippen LogP contribution in [0.25, 0.3) is 0 Å². The van der Waals surface area contributed by atoms with Crippen LogP contribution >= 0.6 is 0 Å². The van der Waals surface area contributed by atoms with Crippen molar-refractivity contribution in [3.63, 3.8) is 0 Å². The average molecular weight is 407 g/mol. The predicted octanol–water partition coefficient (Wildman–Crippen LogP) is 3.53. The fourth-order valence-corrected chi connectivity index (χ4v) is 2.50. The summed E-state index contributed by atoms with van der Waals surface area (Å²) < 4.78 is 59.7. The average Bonchev–Trinajstić information content (AvgIpc) is 3.16. The van der Waals surface area contributed by atoms with E-state index < -0.39 is 47.3 Å². The van der Waals surface area contributed by atoms with Gasteiger partial charge in [-0.15, -0.1) is 0 Å². The van der Waals surface area contributed by atoms with Crippen LogP contribution in [0.5, 0.6) is 0 Å². The summed E-state index contributed by atoms with van der Waals surface area (Å²) in [6.07, 6.45) is 1.28. The van der Waals surface area contributed by atoms with Crippen molar-refractivity contribution >= 4 is 17.7 Å². The third-order valence-electron chi connectivity index (χ3n) is 3.97. The van der Waals surface area contributed by atoms with E-state index in [9.17, 15) is 27.2 Å². The Bertz CT molecular complexity index is 1050. The Hall–Kier alpha value is -3.69. The van der Waals surface area contributed by atoms with Gasteiger partial charge in [0, 0.05) is 23.9 Å². The number of esters is 1. The zero-order valence-corrected chi connectivity index (χ0v) is 14.9. The molecule has 150 valence electrons. The fourth-order valence-electron chi connectivity index (χ4n) is 2.50. The van der Waals surface area contributed by atoms with Crippen LogP contribution in [0.1, 0.15) is 26.3 Å². The summed E-state index contributed by atoms with van der Waals surface area (Å²) in [6.45, 7) is -0.587. The number of nitrogens with zero attached hydrogens (tertiary/aromatic N) is 2. The van der Waals surface area contributed by atoms with Gasteiger partial charge >= 0.3 is 5.97 Å². The molecule has 0 atom stereocenters. The number of carbonyl (C=O) groups excluding carboxylic acids is 2. The van der Waals surface area contributed by atoms with Crippen LogP contribution < -0.4 is 5.32 Å². The van der Waals surface area contributed by atoms with E-state index >= 15 is 0 Å². The number of amides is 1. The Morgan fingerprint density at radius 1 is 1.00 bits per heavy atom. The Kier molecular flexibility index (Phi) is 5.62. The van der Waals surface area contributed by atoms with Crippen LogP contribution in [0.2, 0.25) is 0 Å². The van der Waals surface area contributed by atoms with E-state index in [0.717, 1.165) is 4.68 Å². The second kappa shape index (κ2) is 8.13. The van der Waals surface area contributed by atoms with Crippen LogP contribution in [0, 0.1) is 23.3 Å². The van der Waals surface area contributed by atoms with Crippen molar-refractivity contribution in [3.8, 4) is 0 Å². The van der Waals surface area contributed by atoms with E-state index in [1.54, 1.807) is 0 Å². The first kappa shape index (κ1) is 20.1. The first-order valence-electron chi connectivity index (χ1n) is 8.15. The molecule has 0 spiro atoms. The molecule has 0 fully saturated rings. The molecule has 3 aromatic rings. The molecule has 0 aliphatic rings. The second-order valence-electron chi connectivity index (χ2n) is 5.87. The van der Waals surface area contributed by atoms with Gasteiger partial charge in [0.2, 0.25) is 0 Å². The topological polar surface area (TPSA) is 73.2 Å². The van der Waals surface area contributed by atoms with Crippen molar-refractivity contribution in [2.24, 2.45) is 0 Å². The molecule has 29 heavy (non-hydrogen) atoms. The quantitative estimate of drug-likeness (QED) is 0.399. The molecule has 0 radical (unpaired) electrons. The third-order valence-corrected chi connectivity index (χ3v) is 3.97. The molecule has 1 N–H and O–H groups in total. The molecular weight excluding hydrogens is 394 g/mol. The number of halogens is 4. The number of nitrogens with one attached hydrogen (secondary N) is 1. The standard InChI is InChI=1S/C19H13F4N3O3/c1-29-19(28)11-4-2-10(3-5-11)18(27)24-15-6-7-26(25-15)9-12-16(22)13(20)8-14(21)17(12)23/h2-8H,9H2,1H3,(H,24,25,27). The molecule has 0 bridgehead atoms. The van der Waals surface area contributed by atoms with Gasteiger partial charge in [-0.25, -0.2) is 22.4 Å². The minimum absolute atomic E-state index is 0.0461. The lowest BCUT2D eigenvalue weighted by molar-refractivity contribution is 0.0600. The summed E-state index contributed by atoms with van der Waals surface area (Å²) in [7, 11) is 1.23. The molecule has 1 amide bonds. The van der Waals surface area contributed by atoms with Crippen LogP contribution in [-0.2, 0) is 11.3 Å². The Morgan fingerprint density at radius 2 is 1.59 bits per heavy atom. The molecular formula is C19H13F4N3O3. The maximum Gasteiger partial charge on any atom is 0.337 e. The molecule has 2 aromatic carbocycles. The van der Waals surface area contributed by atoms with Crippen LogP contribution in [0.4, 0.5) is 23.4 Å². The van der Waals surface area contributed by atoms with Gasteiger partial charge in [0.25, 0.3) is 5.91 Å². The van der Waals surface area contributed by atoms with E-state index in [1.165, 1.54) is 43.6 Å². The molecule has 6 nitrogen and oxygen atoms in total. The van der Waals surface area contributed by atoms with Gasteiger partial charge in [0.15, 0.2) is 29.1 Å². The van der Waals surface area contributed by atoms with Gasteiger partial charge in [-0.3, -0.25) is 9.48 Å². The highest BCUT2D eigenvalue weighted by Gasteiger charge is 2.20. The summed E-state index contributed by atoms with van der Waals surface area (Å²) in [4.78, 5) is 23.6. The number of aromatic nitrogens is 2.